The largest absolute Gasteiger partial charge is 0.395 e. The molecule has 0 saturated carbocycles. The molecule has 320 valence electrons. The lowest BCUT2D eigenvalue weighted by Crippen LogP contribution is -2.59. The highest BCUT2D eigenvalue weighted by Crippen LogP contribution is 2.35. The molecule has 0 spiro atoms. The van der Waals surface area contributed by atoms with Crippen molar-refractivity contribution in [1.29, 1.82) is 0 Å². The van der Waals surface area contributed by atoms with Crippen molar-refractivity contribution in [3.63, 3.8) is 0 Å². The second-order valence-corrected chi connectivity index (χ2v) is 14.8. The molecule has 12 heteroatoms. The van der Waals surface area contributed by atoms with Gasteiger partial charge in [0, 0.05) is 50.2 Å². The lowest BCUT2D eigenvalue weighted by molar-refractivity contribution is -0.211. The summed E-state index contributed by atoms with van der Waals surface area (Å²) in [6, 6.07) is 37.4. The molecule has 0 fully saturated rings. The Morgan fingerprint density at radius 3 is 1.05 bits per heavy atom. The molecule has 8 nitrogen and oxygen atoms in total. The van der Waals surface area contributed by atoms with E-state index in [0.29, 0.717) is 37.1 Å². The highest BCUT2D eigenvalue weighted by atomic mass is 19.3. The van der Waals surface area contributed by atoms with Crippen molar-refractivity contribution in [1.82, 2.24) is 21.3 Å². The molecule has 4 N–H and O–H groups in total. The number of alkyl halides is 4. The van der Waals surface area contributed by atoms with Crippen molar-refractivity contribution in [2.75, 3.05) is 26.2 Å². The normalized spacial score (nSPS) is 11.8. The Bertz CT molecular complexity index is 1840. The van der Waals surface area contributed by atoms with Gasteiger partial charge in [0.1, 0.15) is 0 Å². The average Bonchev–Trinajstić information content (AvgIpc) is 3.27. The summed E-state index contributed by atoms with van der Waals surface area (Å²) in [6.07, 6.45) is 10.9. The van der Waals surface area contributed by atoms with Crippen molar-refractivity contribution in [2.45, 2.75) is 87.9 Å². The van der Waals surface area contributed by atoms with Crippen LogP contribution in [0.25, 0.3) is 0 Å². The van der Waals surface area contributed by atoms with Crippen LogP contribution in [0.15, 0.2) is 133 Å². The number of unbranched alkanes of at least 4 members (excludes halogenated alkanes) is 9. The number of carbonyl (C=O) groups excluding carboxylic acids is 4. The van der Waals surface area contributed by atoms with E-state index < -0.39 is 29.6 Å². The minimum atomic E-state index is -5.25. The van der Waals surface area contributed by atoms with Crippen molar-refractivity contribution in [3.05, 3.63) is 156 Å². The molecule has 0 aliphatic carbocycles. The first-order valence-corrected chi connectivity index (χ1v) is 20.8. The molecule has 4 aromatic carbocycles. The summed E-state index contributed by atoms with van der Waals surface area (Å²) in [5.74, 6) is -16.1. The lowest BCUT2D eigenvalue weighted by atomic mass is 9.91. The zero-order valence-electron chi connectivity index (χ0n) is 33.9. The van der Waals surface area contributed by atoms with Gasteiger partial charge >= 0.3 is 11.8 Å². The standard InChI is InChI=1S/C48H56F4N4O4/c49-47(50,48(51,52)46(60)56-36-42(39-27-17-11-18-28-39)40-29-19-12-20-30-40)45(59)54-34-22-8-6-4-2-1-3-5-7-21-33-53-43(57)31-32-44(58)55-35-41(37-23-13-9-14-24-37)38-25-15-10-16-26-38/h9-20,23-32,41-42H,1-8,21-22,33-36H2,(H,53,57)(H,54,59)(H,55,58)(H,56,60)/b32-31+. The molecule has 0 heterocycles. The molecule has 0 aliphatic heterocycles. The van der Waals surface area contributed by atoms with Gasteiger partial charge < -0.3 is 21.3 Å². The van der Waals surface area contributed by atoms with Crippen molar-refractivity contribution in [3.8, 4) is 0 Å². The molecule has 4 aromatic rings. The number of hydrogen-bond acceptors (Lipinski definition) is 4. The fourth-order valence-corrected chi connectivity index (χ4v) is 6.85. The molecular weight excluding hydrogens is 773 g/mol. The van der Waals surface area contributed by atoms with Crippen LogP contribution in [0.3, 0.4) is 0 Å². The SMILES string of the molecule is O=C(/C=C/C(=O)NCC(c1ccccc1)c1ccccc1)NCCCCCCCCCCCCNC(=O)C(F)(F)C(F)(F)C(=O)NCC(c1ccccc1)c1ccccc1. The van der Waals surface area contributed by atoms with E-state index in [4.69, 9.17) is 0 Å². The Kier molecular flexibility index (Phi) is 19.5. The van der Waals surface area contributed by atoms with Crippen LogP contribution in [0, 0.1) is 0 Å². The highest BCUT2D eigenvalue weighted by molar-refractivity contribution is 5.97. The number of benzene rings is 4. The van der Waals surface area contributed by atoms with Crippen LogP contribution in [0.1, 0.15) is 98.3 Å². The van der Waals surface area contributed by atoms with E-state index in [-0.39, 0.29) is 30.8 Å². The summed E-state index contributed by atoms with van der Waals surface area (Å²) < 4.78 is 58.7. The van der Waals surface area contributed by atoms with Gasteiger partial charge in [0.15, 0.2) is 0 Å². The number of halogens is 4. The first kappa shape index (κ1) is 46.9. The van der Waals surface area contributed by atoms with Crippen LogP contribution in [0.2, 0.25) is 0 Å². The molecule has 0 unspecified atom stereocenters. The first-order valence-electron chi connectivity index (χ1n) is 20.8. The molecule has 0 bridgehead atoms. The van der Waals surface area contributed by atoms with E-state index in [2.05, 4.69) is 10.6 Å². The zero-order valence-corrected chi connectivity index (χ0v) is 33.9. The third-order valence-electron chi connectivity index (χ3n) is 10.3. The number of rotatable bonds is 26. The van der Waals surface area contributed by atoms with E-state index in [1.807, 2.05) is 71.3 Å². The second kappa shape index (κ2) is 25.0. The maximum Gasteiger partial charge on any atom is 0.395 e. The number of hydrogen-bond donors (Lipinski definition) is 4. The zero-order chi connectivity index (χ0) is 43.1. The third kappa shape index (κ3) is 15.1. The van der Waals surface area contributed by atoms with Gasteiger partial charge in [-0.2, -0.15) is 17.6 Å². The molecule has 60 heavy (non-hydrogen) atoms. The Hall–Kier alpha value is -5.78. The Morgan fingerprint density at radius 1 is 0.400 bits per heavy atom. The summed E-state index contributed by atoms with van der Waals surface area (Å²) in [7, 11) is 0. The fraction of sp³-hybridized carbons (Fsp3) is 0.375. The van der Waals surface area contributed by atoms with Crippen LogP contribution in [-0.4, -0.2) is 61.7 Å². The summed E-state index contributed by atoms with van der Waals surface area (Å²) in [6.45, 7) is 0.326. The topological polar surface area (TPSA) is 116 Å². The van der Waals surface area contributed by atoms with E-state index in [1.165, 1.54) is 12.2 Å². The summed E-state index contributed by atoms with van der Waals surface area (Å²) in [5.41, 5.74) is 3.58. The van der Waals surface area contributed by atoms with Crippen LogP contribution in [0.4, 0.5) is 17.6 Å². The van der Waals surface area contributed by atoms with Crippen LogP contribution in [0.5, 0.6) is 0 Å². The Labute approximate surface area is 350 Å². The molecule has 0 aromatic heterocycles. The van der Waals surface area contributed by atoms with Gasteiger partial charge in [-0.3, -0.25) is 19.2 Å². The number of amides is 4. The number of carbonyl (C=O) groups is 4. The van der Waals surface area contributed by atoms with Gasteiger partial charge in [0.2, 0.25) is 11.8 Å². The molecule has 0 radical (unpaired) electrons. The molecule has 0 saturated heterocycles. The number of nitrogens with one attached hydrogen (secondary N) is 4. The predicted octanol–water partition coefficient (Wildman–Crippen LogP) is 8.84. The van der Waals surface area contributed by atoms with Crippen molar-refractivity contribution >= 4 is 23.6 Å². The Balaban J connectivity index is 1.00. The highest BCUT2D eigenvalue weighted by Gasteiger charge is 2.66. The molecule has 4 amide bonds. The summed E-state index contributed by atoms with van der Waals surface area (Å²) in [4.78, 5) is 49.2. The fourth-order valence-electron chi connectivity index (χ4n) is 6.85. The molecule has 4 rings (SSSR count). The second-order valence-electron chi connectivity index (χ2n) is 14.8. The average molecular weight is 829 g/mol. The van der Waals surface area contributed by atoms with Crippen molar-refractivity contribution in [2.24, 2.45) is 0 Å². The third-order valence-corrected chi connectivity index (χ3v) is 10.3. The lowest BCUT2D eigenvalue weighted by Gasteiger charge is -2.26. The Morgan fingerprint density at radius 2 is 0.683 bits per heavy atom. The van der Waals surface area contributed by atoms with E-state index >= 15 is 0 Å². The molecule has 0 atom stereocenters. The molecular formula is C48H56F4N4O4. The van der Waals surface area contributed by atoms with E-state index in [1.54, 1.807) is 60.7 Å². The maximum atomic E-state index is 14.7. The summed E-state index contributed by atoms with van der Waals surface area (Å²) >= 11 is 0. The van der Waals surface area contributed by atoms with Gasteiger partial charge in [-0.15, -0.1) is 0 Å². The minimum absolute atomic E-state index is 0.0156. The maximum absolute atomic E-state index is 14.7. The summed E-state index contributed by atoms with van der Waals surface area (Å²) in [5, 5.41) is 9.53. The van der Waals surface area contributed by atoms with Crippen molar-refractivity contribution < 1.29 is 36.7 Å². The monoisotopic (exact) mass is 828 g/mol. The van der Waals surface area contributed by atoms with Crippen LogP contribution < -0.4 is 21.3 Å². The first-order chi connectivity index (χ1) is 29.0. The molecule has 0 aliphatic rings. The smallest absolute Gasteiger partial charge is 0.353 e. The van der Waals surface area contributed by atoms with Gasteiger partial charge in [-0.1, -0.05) is 173 Å². The van der Waals surface area contributed by atoms with Gasteiger partial charge in [0.05, 0.1) is 0 Å². The van der Waals surface area contributed by atoms with Gasteiger partial charge in [-0.25, -0.2) is 0 Å². The van der Waals surface area contributed by atoms with E-state index in [9.17, 15) is 36.7 Å². The van der Waals surface area contributed by atoms with Crippen LogP contribution in [-0.2, 0) is 19.2 Å². The predicted molar refractivity (Wildman–Crippen MR) is 227 cm³/mol. The quantitative estimate of drug-likeness (QED) is 0.0288. The van der Waals surface area contributed by atoms with Gasteiger partial charge in [0.25, 0.3) is 11.8 Å². The van der Waals surface area contributed by atoms with E-state index in [0.717, 1.165) is 62.5 Å². The minimum Gasteiger partial charge on any atom is -0.353 e. The van der Waals surface area contributed by atoms with Gasteiger partial charge in [-0.05, 0) is 35.1 Å². The van der Waals surface area contributed by atoms with Crippen LogP contribution >= 0.6 is 0 Å².